The average molecular weight is 387 g/mol. The lowest BCUT2D eigenvalue weighted by Gasteiger charge is -2.34. The lowest BCUT2D eigenvalue weighted by atomic mass is 9.94. The molecular formula is C17H26N2O4S2. The fourth-order valence-corrected chi connectivity index (χ4v) is 5.30. The molecule has 25 heavy (non-hydrogen) atoms. The molecule has 0 radical (unpaired) electrons. The number of anilines is 1. The standard InChI is InChI=1S/C17H26N2O4S2/c1-13-9-14(2)11-19(10-13)25(22,23)16-5-3-15(4-6-16)18-17(21)12-24-8-7-20/h3-6,13-14,20H,7-12H2,1-2H3,(H,18,21)/t13-,14-/m1/s1. The van der Waals surface area contributed by atoms with Gasteiger partial charge >= 0.3 is 0 Å². The maximum absolute atomic E-state index is 12.8. The topological polar surface area (TPSA) is 86.7 Å². The van der Waals surface area contributed by atoms with E-state index in [4.69, 9.17) is 5.11 Å². The Labute approximate surface area is 154 Å². The summed E-state index contributed by atoms with van der Waals surface area (Å²) in [4.78, 5) is 12.0. The molecule has 1 aliphatic heterocycles. The summed E-state index contributed by atoms with van der Waals surface area (Å²) in [5.41, 5.74) is 0.564. The van der Waals surface area contributed by atoms with Crippen molar-refractivity contribution in [1.29, 1.82) is 0 Å². The van der Waals surface area contributed by atoms with E-state index in [1.165, 1.54) is 23.9 Å². The quantitative estimate of drug-likeness (QED) is 0.700. The number of carbonyl (C=O) groups excluding carboxylic acids is 1. The Balaban J connectivity index is 2.02. The zero-order valence-corrected chi connectivity index (χ0v) is 16.3. The first-order valence-electron chi connectivity index (χ1n) is 8.41. The molecule has 1 fully saturated rings. The van der Waals surface area contributed by atoms with Gasteiger partial charge in [0.2, 0.25) is 15.9 Å². The molecule has 1 amide bonds. The van der Waals surface area contributed by atoms with Crippen LogP contribution in [-0.2, 0) is 14.8 Å². The molecule has 1 aromatic rings. The molecule has 0 saturated carbocycles. The van der Waals surface area contributed by atoms with E-state index in [0.29, 0.717) is 36.4 Å². The van der Waals surface area contributed by atoms with E-state index in [1.807, 2.05) is 0 Å². The number of amides is 1. The van der Waals surface area contributed by atoms with Gasteiger partial charge in [-0.2, -0.15) is 4.31 Å². The molecule has 0 bridgehead atoms. The van der Waals surface area contributed by atoms with Gasteiger partial charge < -0.3 is 10.4 Å². The molecule has 1 heterocycles. The highest BCUT2D eigenvalue weighted by molar-refractivity contribution is 7.99. The van der Waals surface area contributed by atoms with E-state index in [1.54, 1.807) is 16.4 Å². The molecule has 1 saturated heterocycles. The van der Waals surface area contributed by atoms with Gasteiger partial charge in [-0.3, -0.25) is 4.79 Å². The number of aliphatic hydroxyl groups is 1. The second kappa shape index (κ2) is 9.02. The SMILES string of the molecule is C[C@@H]1C[C@@H](C)CN(S(=O)(=O)c2ccc(NC(=O)CSCCO)cc2)C1. The number of benzene rings is 1. The number of piperidine rings is 1. The number of nitrogens with one attached hydrogen (secondary N) is 1. The molecule has 2 N–H and O–H groups in total. The van der Waals surface area contributed by atoms with Crippen LogP contribution in [0, 0.1) is 11.8 Å². The number of thioether (sulfide) groups is 1. The molecule has 0 aromatic heterocycles. The molecule has 6 nitrogen and oxygen atoms in total. The first-order chi connectivity index (χ1) is 11.8. The van der Waals surface area contributed by atoms with Crippen molar-refractivity contribution in [2.75, 3.05) is 36.5 Å². The zero-order chi connectivity index (χ0) is 18.4. The van der Waals surface area contributed by atoms with Crippen molar-refractivity contribution in [1.82, 2.24) is 4.31 Å². The monoisotopic (exact) mass is 386 g/mol. The fraction of sp³-hybridized carbons (Fsp3) is 0.588. The molecule has 1 aromatic carbocycles. The Hall–Kier alpha value is -1.09. The number of aliphatic hydroxyl groups excluding tert-OH is 1. The van der Waals surface area contributed by atoms with Crippen molar-refractivity contribution in [3.63, 3.8) is 0 Å². The van der Waals surface area contributed by atoms with Crippen LogP contribution >= 0.6 is 11.8 Å². The average Bonchev–Trinajstić information content (AvgIpc) is 2.54. The van der Waals surface area contributed by atoms with Crippen molar-refractivity contribution in [3.05, 3.63) is 24.3 Å². The van der Waals surface area contributed by atoms with Crippen LogP contribution in [-0.4, -0.2) is 54.9 Å². The first kappa shape index (κ1) is 20.2. The van der Waals surface area contributed by atoms with Gasteiger partial charge in [-0.1, -0.05) is 13.8 Å². The number of sulfonamides is 1. The smallest absolute Gasteiger partial charge is 0.243 e. The Morgan fingerprint density at radius 3 is 2.40 bits per heavy atom. The van der Waals surface area contributed by atoms with Crippen LogP contribution in [0.25, 0.3) is 0 Å². The van der Waals surface area contributed by atoms with Crippen molar-refractivity contribution in [2.24, 2.45) is 11.8 Å². The minimum absolute atomic E-state index is 0.0399. The molecule has 0 spiro atoms. The highest BCUT2D eigenvalue weighted by Crippen LogP contribution is 2.27. The second-order valence-electron chi connectivity index (χ2n) is 6.62. The third-order valence-corrected chi connectivity index (χ3v) is 6.86. The minimum atomic E-state index is -3.50. The Morgan fingerprint density at radius 2 is 1.84 bits per heavy atom. The summed E-state index contributed by atoms with van der Waals surface area (Å²) in [5.74, 6) is 1.30. The maximum atomic E-state index is 12.8. The van der Waals surface area contributed by atoms with Crippen LogP contribution < -0.4 is 5.32 Å². The Bertz CT molecular complexity index is 666. The molecule has 1 aliphatic rings. The molecule has 8 heteroatoms. The third-order valence-electron chi connectivity index (χ3n) is 4.08. The fourth-order valence-electron chi connectivity index (χ4n) is 3.09. The predicted octanol–water partition coefficient (Wildman–Crippen LogP) is 2.02. The van der Waals surface area contributed by atoms with E-state index >= 15 is 0 Å². The number of hydrogen-bond donors (Lipinski definition) is 2. The zero-order valence-electron chi connectivity index (χ0n) is 14.6. The molecule has 0 aliphatic carbocycles. The van der Waals surface area contributed by atoms with Crippen molar-refractivity contribution >= 4 is 33.4 Å². The summed E-state index contributed by atoms with van der Waals surface area (Å²) < 4.78 is 27.2. The number of hydrogen-bond acceptors (Lipinski definition) is 5. The van der Waals surface area contributed by atoms with Gasteiger partial charge in [-0.15, -0.1) is 11.8 Å². The van der Waals surface area contributed by atoms with E-state index in [-0.39, 0.29) is 23.2 Å². The minimum Gasteiger partial charge on any atom is -0.396 e. The van der Waals surface area contributed by atoms with Gasteiger partial charge in [0.1, 0.15) is 0 Å². The van der Waals surface area contributed by atoms with Crippen LogP contribution in [0.1, 0.15) is 20.3 Å². The highest BCUT2D eigenvalue weighted by atomic mass is 32.2. The summed E-state index contributed by atoms with van der Waals surface area (Å²) in [6.45, 7) is 5.29. The highest BCUT2D eigenvalue weighted by Gasteiger charge is 2.31. The van der Waals surface area contributed by atoms with Crippen molar-refractivity contribution < 1.29 is 18.3 Å². The van der Waals surface area contributed by atoms with Crippen molar-refractivity contribution in [2.45, 2.75) is 25.2 Å². The maximum Gasteiger partial charge on any atom is 0.243 e. The van der Waals surface area contributed by atoms with E-state index in [9.17, 15) is 13.2 Å². The Morgan fingerprint density at radius 1 is 1.24 bits per heavy atom. The molecule has 140 valence electrons. The van der Waals surface area contributed by atoms with Crippen LogP contribution in [0.3, 0.4) is 0 Å². The summed E-state index contributed by atoms with van der Waals surface area (Å²) in [7, 11) is -3.50. The number of nitrogens with zero attached hydrogens (tertiary/aromatic N) is 1. The van der Waals surface area contributed by atoms with Crippen LogP contribution in [0.2, 0.25) is 0 Å². The lowest BCUT2D eigenvalue weighted by molar-refractivity contribution is -0.113. The van der Waals surface area contributed by atoms with Gasteiger partial charge in [0.15, 0.2) is 0 Å². The van der Waals surface area contributed by atoms with Crippen LogP contribution in [0.4, 0.5) is 5.69 Å². The van der Waals surface area contributed by atoms with E-state index in [0.717, 1.165) is 6.42 Å². The van der Waals surface area contributed by atoms with Gasteiger partial charge in [-0.05, 0) is 42.5 Å². The van der Waals surface area contributed by atoms with Gasteiger partial charge in [-0.25, -0.2) is 8.42 Å². The molecule has 2 rings (SSSR count). The molecule has 0 unspecified atom stereocenters. The lowest BCUT2D eigenvalue weighted by Crippen LogP contribution is -2.42. The largest absolute Gasteiger partial charge is 0.396 e. The second-order valence-corrected chi connectivity index (χ2v) is 9.66. The van der Waals surface area contributed by atoms with Crippen molar-refractivity contribution in [3.8, 4) is 0 Å². The summed E-state index contributed by atoms with van der Waals surface area (Å²) >= 11 is 1.34. The summed E-state index contributed by atoms with van der Waals surface area (Å²) in [6.07, 6.45) is 1.05. The first-order valence-corrected chi connectivity index (χ1v) is 11.0. The van der Waals surface area contributed by atoms with Crippen LogP contribution in [0.5, 0.6) is 0 Å². The molecular weight excluding hydrogens is 360 g/mol. The van der Waals surface area contributed by atoms with Gasteiger partial charge in [0.25, 0.3) is 0 Å². The van der Waals surface area contributed by atoms with Crippen LogP contribution in [0.15, 0.2) is 29.2 Å². The van der Waals surface area contributed by atoms with Gasteiger partial charge in [0.05, 0.1) is 17.3 Å². The van der Waals surface area contributed by atoms with E-state index < -0.39 is 10.0 Å². The predicted molar refractivity (Wildman–Crippen MR) is 101 cm³/mol. The number of carbonyl (C=O) groups is 1. The summed E-state index contributed by atoms with van der Waals surface area (Å²) in [5, 5.41) is 11.4. The van der Waals surface area contributed by atoms with E-state index in [2.05, 4.69) is 19.2 Å². The Kier molecular flexibility index (Phi) is 7.30. The van der Waals surface area contributed by atoms with Gasteiger partial charge in [0, 0.05) is 24.5 Å². The third kappa shape index (κ3) is 5.70. The summed E-state index contributed by atoms with van der Waals surface area (Å²) in [6, 6.07) is 6.29. The normalized spacial score (nSPS) is 21.9. The number of rotatable bonds is 7. The molecule has 2 atom stereocenters.